The third kappa shape index (κ3) is 11.7. The minimum Gasteiger partial charge on any atom is -0.481 e. The molecule has 0 bridgehead atoms. The summed E-state index contributed by atoms with van der Waals surface area (Å²) in [6.07, 6.45) is -1.98. The molecule has 1 aromatic rings. The Balaban J connectivity index is 3.02. The van der Waals surface area contributed by atoms with Crippen molar-refractivity contribution in [2.75, 3.05) is 6.54 Å². The van der Waals surface area contributed by atoms with E-state index in [1.165, 1.54) is 6.92 Å². The van der Waals surface area contributed by atoms with E-state index in [1.54, 1.807) is 30.3 Å². The average molecular weight is 538 g/mol. The van der Waals surface area contributed by atoms with Crippen LogP contribution >= 0.6 is 0 Å². The van der Waals surface area contributed by atoms with Crippen molar-refractivity contribution >= 4 is 35.6 Å². The molecule has 0 saturated carbocycles. The number of benzene rings is 1. The van der Waals surface area contributed by atoms with Crippen LogP contribution in [0.15, 0.2) is 35.3 Å². The molecule has 0 aromatic heterocycles. The van der Waals surface area contributed by atoms with Gasteiger partial charge in [0.1, 0.15) is 18.1 Å². The van der Waals surface area contributed by atoms with Gasteiger partial charge >= 0.3 is 11.9 Å². The van der Waals surface area contributed by atoms with Gasteiger partial charge in [0.05, 0.1) is 18.6 Å². The molecule has 0 fully saturated rings. The fourth-order valence-corrected chi connectivity index (χ4v) is 3.30. The van der Waals surface area contributed by atoms with Gasteiger partial charge in [0, 0.05) is 13.0 Å². The van der Waals surface area contributed by atoms with Crippen LogP contribution < -0.4 is 33.2 Å². The lowest BCUT2D eigenvalue weighted by atomic mass is 10.0. The van der Waals surface area contributed by atoms with Crippen molar-refractivity contribution in [1.82, 2.24) is 16.0 Å². The number of amides is 3. The highest BCUT2D eigenvalue weighted by molar-refractivity contribution is 5.95. The van der Waals surface area contributed by atoms with Crippen LogP contribution in [0.2, 0.25) is 0 Å². The number of aliphatic hydroxyl groups excluding tert-OH is 1. The van der Waals surface area contributed by atoms with Crippen LogP contribution in [0.25, 0.3) is 0 Å². The van der Waals surface area contributed by atoms with Crippen molar-refractivity contribution in [2.24, 2.45) is 22.2 Å². The molecule has 0 saturated heterocycles. The highest BCUT2D eigenvalue weighted by atomic mass is 16.4. The third-order valence-electron chi connectivity index (χ3n) is 5.27. The molecule has 1 aromatic carbocycles. The molecule has 1 rings (SSSR count). The summed E-state index contributed by atoms with van der Waals surface area (Å²) in [5.41, 5.74) is 16.7. The topological polar surface area (TPSA) is 273 Å². The number of nitrogens with two attached hydrogens (primary N) is 3. The third-order valence-corrected chi connectivity index (χ3v) is 5.27. The predicted molar refractivity (Wildman–Crippen MR) is 135 cm³/mol. The summed E-state index contributed by atoms with van der Waals surface area (Å²) in [5, 5.41) is 35.5. The molecule has 0 aliphatic carbocycles. The number of aliphatic hydroxyl groups is 1. The number of carboxylic acids is 2. The Morgan fingerprint density at radius 3 is 2.05 bits per heavy atom. The van der Waals surface area contributed by atoms with Crippen molar-refractivity contribution in [1.29, 1.82) is 0 Å². The summed E-state index contributed by atoms with van der Waals surface area (Å²) in [5.74, 6) is -5.60. The van der Waals surface area contributed by atoms with Crippen LogP contribution in [0.4, 0.5) is 0 Å². The molecule has 5 unspecified atom stereocenters. The van der Waals surface area contributed by atoms with Gasteiger partial charge in [-0.3, -0.25) is 24.2 Å². The molecule has 15 nitrogen and oxygen atoms in total. The van der Waals surface area contributed by atoms with E-state index in [-0.39, 0.29) is 31.8 Å². The number of guanidine groups is 1. The zero-order valence-electron chi connectivity index (χ0n) is 20.9. The maximum absolute atomic E-state index is 13.1. The van der Waals surface area contributed by atoms with Crippen molar-refractivity contribution in [3.63, 3.8) is 0 Å². The van der Waals surface area contributed by atoms with Gasteiger partial charge in [-0.1, -0.05) is 30.3 Å². The monoisotopic (exact) mass is 537 g/mol. The lowest BCUT2D eigenvalue weighted by Gasteiger charge is -2.26. The number of carbonyl (C=O) groups excluding carboxylic acids is 3. The number of aliphatic carboxylic acids is 2. The minimum absolute atomic E-state index is 0.0352. The first-order valence-electron chi connectivity index (χ1n) is 11.7. The Bertz CT molecular complexity index is 999. The fourth-order valence-electron chi connectivity index (χ4n) is 3.30. The summed E-state index contributed by atoms with van der Waals surface area (Å²) >= 11 is 0. The average Bonchev–Trinajstić information content (AvgIpc) is 2.83. The second kappa shape index (κ2) is 15.8. The first-order chi connectivity index (χ1) is 17.8. The van der Waals surface area contributed by atoms with Crippen LogP contribution in [0.1, 0.15) is 31.7 Å². The van der Waals surface area contributed by atoms with E-state index in [0.29, 0.717) is 5.56 Å². The number of nitrogens with zero attached hydrogens (tertiary/aromatic N) is 1. The number of nitrogens with one attached hydrogen (secondary N) is 3. The van der Waals surface area contributed by atoms with E-state index < -0.39 is 66.4 Å². The Morgan fingerprint density at radius 2 is 1.53 bits per heavy atom. The normalized spacial score (nSPS) is 14.6. The summed E-state index contributed by atoms with van der Waals surface area (Å²) in [7, 11) is 0. The molecule has 12 N–H and O–H groups in total. The summed E-state index contributed by atoms with van der Waals surface area (Å²) in [6, 6.07) is 2.84. The number of rotatable bonds is 16. The Morgan fingerprint density at radius 1 is 0.921 bits per heavy atom. The number of carbonyl (C=O) groups is 5. The maximum atomic E-state index is 13.1. The molecule has 0 heterocycles. The van der Waals surface area contributed by atoms with E-state index >= 15 is 0 Å². The van der Waals surface area contributed by atoms with Gasteiger partial charge in [-0.05, 0) is 25.3 Å². The lowest BCUT2D eigenvalue weighted by Crippen LogP contribution is -2.60. The van der Waals surface area contributed by atoms with Crippen molar-refractivity contribution < 1.29 is 39.3 Å². The van der Waals surface area contributed by atoms with Gasteiger partial charge < -0.3 is 48.5 Å². The molecule has 38 heavy (non-hydrogen) atoms. The van der Waals surface area contributed by atoms with E-state index in [2.05, 4.69) is 20.9 Å². The zero-order valence-corrected chi connectivity index (χ0v) is 20.9. The first-order valence-corrected chi connectivity index (χ1v) is 11.7. The number of hydrogen-bond donors (Lipinski definition) is 9. The zero-order chi connectivity index (χ0) is 28.8. The van der Waals surface area contributed by atoms with Crippen LogP contribution in [-0.4, -0.2) is 87.8 Å². The van der Waals surface area contributed by atoms with Gasteiger partial charge in [-0.25, -0.2) is 4.79 Å². The second-order valence-electron chi connectivity index (χ2n) is 8.53. The molecule has 3 amide bonds. The SMILES string of the molecule is CC(O)C(NC(=O)C(Cc1ccccc1)NC(=O)C(N)CC(=O)O)C(=O)NC(CCCN=C(N)N)C(=O)O. The largest absolute Gasteiger partial charge is 0.481 e. The summed E-state index contributed by atoms with van der Waals surface area (Å²) in [4.78, 5) is 64.6. The Kier molecular flexibility index (Phi) is 13.2. The highest BCUT2D eigenvalue weighted by Crippen LogP contribution is 2.07. The molecular weight excluding hydrogens is 502 g/mol. The summed E-state index contributed by atoms with van der Waals surface area (Å²) in [6.45, 7) is 1.34. The molecule has 210 valence electrons. The predicted octanol–water partition coefficient (Wildman–Crippen LogP) is -3.00. The van der Waals surface area contributed by atoms with E-state index in [4.69, 9.17) is 22.3 Å². The molecule has 15 heteroatoms. The van der Waals surface area contributed by atoms with Crippen LogP contribution in [0.3, 0.4) is 0 Å². The Hall–Kier alpha value is -4.24. The quantitative estimate of drug-likeness (QED) is 0.0582. The highest BCUT2D eigenvalue weighted by Gasteiger charge is 2.33. The smallest absolute Gasteiger partial charge is 0.326 e. The minimum atomic E-state index is -1.58. The number of carboxylic acid groups (broad SMARTS) is 2. The van der Waals surface area contributed by atoms with Gasteiger partial charge in [-0.2, -0.15) is 0 Å². The number of aliphatic imine (C=N–C) groups is 1. The Labute approximate surface area is 218 Å². The van der Waals surface area contributed by atoms with Crippen molar-refractivity contribution in [2.45, 2.75) is 62.9 Å². The van der Waals surface area contributed by atoms with Crippen molar-refractivity contribution in [3.05, 3.63) is 35.9 Å². The summed E-state index contributed by atoms with van der Waals surface area (Å²) < 4.78 is 0. The molecule has 0 aliphatic rings. The molecule has 5 atom stereocenters. The lowest BCUT2D eigenvalue weighted by molar-refractivity contribution is -0.143. The van der Waals surface area contributed by atoms with Crippen LogP contribution in [0.5, 0.6) is 0 Å². The standard InChI is InChI=1S/C23H35N7O8/c1-12(31)18(21(36)28-15(22(37)38)8-5-9-27-23(25)26)30-20(35)16(10-13-6-3-2-4-7-13)29-19(34)14(24)11-17(32)33/h2-4,6-7,12,14-16,18,31H,5,8-11,24H2,1H3,(H,28,36)(H,29,34)(H,30,35)(H,32,33)(H,37,38)(H4,25,26,27). The molecule has 0 radical (unpaired) electrons. The van der Waals surface area contributed by atoms with Crippen LogP contribution in [0, 0.1) is 0 Å². The second-order valence-corrected chi connectivity index (χ2v) is 8.53. The first kappa shape index (κ1) is 31.8. The van der Waals surface area contributed by atoms with E-state index in [0.717, 1.165) is 0 Å². The van der Waals surface area contributed by atoms with Gasteiger partial charge in [-0.15, -0.1) is 0 Å². The van der Waals surface area contributed by atoms with Gasteiger partial charge in [0.25, 0.3) is 0 Å². The van der Waals surface area contributed by atoms with Gasteiger partial charge in [0.2, 0.25) is 17.7 Å². The van der Waals surface area contributed by atoms with Gasteiger partial charge in [0.15, 0.2) is 5.96 Å². The molecular formula is C23H35N7O8. The maximum Gasteiger partial charge on any atom is 0.326 e. The van der Waals surface area contributed by atoms with Crippen molar-refractivity contribution in [3.8, 4) is 0 Å². The van der Waals surface area contributed by atoms with E-state index in [1.807, 2.05) is 0 Å². The molecule has 0 aliphatic heterocycles. The number of hydrogen-bond acceptors (Lipinski definition) is 8. The van der Waals surface area contributed by atoms with E-state index in [9.17, 15) is 34.2 Å². The van der Waals surface area contributed by atoms with Crippen LogP contribution in [-0.2, 0) is 30.4 Å². The molecule has 0 spiro atoms. The fraction of sp³-hybridized carbons (Fsp3) is 0.478.